The largest absolute Gasteiger partial charge is 0.544 e. The molecule has 0 aliphatic heterocycles. The molecule has 0 radical (unpaired) electrons. The third kappa shape index (κ3) is 4.53. The van der Waals surface area contributed by atoms with E-state index in [2.05, 4.69) is 69.6 Å². The Balaban J connectivity index is 1.66. The summed E-state index contributed by atoms with van der Waals surface area (Å²) in [6.45, 7) is 16.1. The minimum Gasteiger partial charge on any atom is -0.544 e. The van der Waals surface area contributed by atoms with E-state index in [9.17, 15) is 0 Å². The zero-order valence-electron chi connectivity index (χ0n) is 20.7. The van der Waals surface area contributed by atoms with Gasteiger partial charge < -0.3 is 13.7 Å². The van der Waals surface area contributed by atoms with E-state index in [0.29, 0.717) is 17.8 Å². The molecule has 1 aromatic carbocycles. The highest BCUT2D eigenvalue weighted by Crippen LogP contribution is 2.61. The Morgan fingerprint density at radius 3 is 2.42 bits per heavy atom. The van der Waals surface area contributed by atoms with Gasteiger partial charge in [0.25, 0.3) is 0 Å². The first-order chi connectivity index (χ1) is 14.4. The lowest BCUT2D eigenvalue weighted by Crippen LogP contribution is -2.47. The second kappa shape index (κ2) is 8.03. The summed E-state index contributed by atoms with van der Waals surface area (Å²) in [7, 11) is -1.56. The van der Waals surface area contributed by atoms with Gasteiger partial charge in [0.15, 0.2) is 8.32 Å². The number of oxime groups is 1. The third-order valence-corrected chi connectivity index (χ3v) is 9.39. The van der Waals surface area contributed by atoms with Crippen molar-refractivity contribution in [2.75, 3.05) is 7.11 Å². The molecule has 172 valence electrons. The first-order valence-electron chi connectivity index (χ1n) is 12.0. The molecule has 0 heterocycles. The van der Waals surface area contributed by atoms with Crippen molar-refractivity contribution in [2.45, 2.75) is 90.3 Å². The summed E-state index contributed by atoms with van der Waals surface area (Å²) in [6, 6.07) is 6.92. The van der Waals surface area contributed by atoms with Gasteiger partial charge in [-0.05, 0) is 106 Å². The highest BCUT2D eigenvalue weighted by molar-refractivity contribution is 6.70. The van der Waals surface area contributed by atoms with Gasteiger partial charge in [0, 0.05) is 11.8 Å². The molecule has 0 aromatic heterocycles. The molecule has 0 amide bonds. The molecule has 6 heteroatoms. The second-order valence-corrected chi connectivity index (χ2v) is 20.9. The predicted octanol–water partition coefficient (Wildman–Crippen LogP) is 6.59. The smallest absolute Gasteiger partial charge is 0.242 e. The Morgan fingerprint density at radius 1 is 1.03 bits per heavy atom. The summed E-state index contributed by atoms with van der Waals surface area (Å²) in [5.74, 6) is 2.86. The molecule has 5 atom stereocenters. The van der Waals surface area contributed by atoms with Crippen LogP contribution in [0, 0.1) is 17.3 Å². The van der Waals surface area contributed by atoms with Crippen LogP contribution in [0.15, 0.2) is 23.4 Å². The Labute approximate surface area is 191 Å². The molecule has 2 saturated carbocycles. The van der Waals surface area contributed by atoms with E-state index < -0.39 is 16.6 Å². The third-order valence-electron chi connectivity index (χ3n) is 7.53. The number of benzene rings is 1. The van der Waals surface area contributed by atoms with Crippen LogP contribution in [0.3, 0.4) is 0 Å². The van der Waals surface area contributed by atoms with Crippen LogP contribution in [0.5, 0.6) is 5.75 Å². The normalized spacial score (nSPS) is 34.1. The second-order valence-electron chi connectivity index (χ2n) is 12.1. The number of rotatable bonds is 5. The lowest BCUT2D eigenvalue weighted by Gasteiger charge is -2.50. The van der Waals surface area contributed by atoms with E-state index in [4.69, 9.17) is 13.7 Å². The van der Waals surface area contributed by atoms with Gasteiger partial charge in [-0.3, -0.25) is 0 Å². The topological polar surface area (TPSA) is 40.0 Å². The molecule has 1 aromatic rings. The van der Waals surface area contributed by atoms with Gasteiger partial charge in [-0.25, -0.2) is 0 Å². The summed E-state index contributed by atoms with van der Waals surface area (Å²) < 4.78 is 13.1. The van der Waals surface area contributed by atoms with Gasteiger partial charge in [0.05, 0.1) is 11.8 Å². The van der Waals surface area contributed by atoms with Crippen molar-refractivity contribution in [2.24, 2.45) is 22.4 Å². The van der Waals surface area contributed by atoms with Crippen molar-refractivity contribution in [3.8, 4) is 5.75 Å². The van der Waals surface area contributed by atoms with Gasteiger partial charge in [0.1, 0.15) is 12.9 Å². The highest BCUT2D eigenvalue weighted by atomic mass is 28.4. The fourth-order valence-corrected chi connectivity index (χ4v) is 8.59. The van der Waals surface area contributed by atoms with Crippen LogP contribution >= 0.6 is 0 Å². The fraction of sp³-hybridized carbons (Fsp3) is 0.720. The quantitative estimate of drug-likeness (QED) is 0.368. The molecule has 0 unspecified atom stereocenters. The van der Waals surface area contributed by atoms with Gasteiger partial charge >= 0.3 is 0 Å². The van der Waals surface area contributed by atoms with Crippen LogP contribution in [0.25, 0.3) is 0 Å². The van der Waals surface area contributed by atoms with Crippen molar-refractivity contribution in [1.29, 1.82) is 0 Å². The molecule has 0 N–H and O–H groups in total. The van der Waals surface area contributed by atoms with Crippen LogP contribution in [0.4, 0.5) is 0 Å². The Kier molecular flexibility index (Phi) is 5.97. The molecule has 0 saturated heterocycles. The first kappa shape index (κ1) is 23.1. The maximum atomic E-state index is 6.81. The van der Waals surface area contributed by atoms with Crippen LogP contribution < -0.4 is 4.43 Å². The van der Waals surface area contributed by atoms with Crippen LogP contribution in [0.1, 0.15) is 49.7 Å². The maximum absolute atomic E-state index is 6.81. The van der Waals surface area contributed by atoms with Crippen molar-refractivity contribution >= 4 is 22.3 Å². The number of hydrogen-bond acceptors (Lipinski definition) is 4. The number of aryl methyl sites for hydroxylation is 1. The standard InChI is InChI=1S/C25H41NO3Si2/c1-25-14-13-20-19-12-10-18(28-30(3,4)5)15-17(19)9-11-21(20)24(25)22(29-31(6,7)8)16-23(25)26-27-2/h10,12,15,20-22,24H,9,11,13-14,16H2,1-8H3/b26-23-/t20-,21-,22+,24-,25-/m1/s1. The van der Waals surface area contributed by atoms with E-state index in [1.54, 1.807) is 12.7 Å². The van der Waals surface area contributed by atoms with E-state index in [1.807, 2.05) is 0 Å². The zero-order chi connectivity index (χ0) is 22.6. The van der Waals surface area contributed by atoms with Crippen molar-refractivity contribution in [1.82, 2.24) is 0 Å². The zero-order valence-corrected chi connectivity index (χ0v) is 22.7. The van der Waals surface area contributed by atoms with Crippen LogP contribution in [-0.4, -0.2) is 35.6 Å². The van der Waals surface area contributed by atoms with E-state index in [-0.39, 0.29) is 11.5 Å². The minimum absolute atomic E-state index is 0.0971. The highest BCUT2D eigenvalue weighted by Gasteiger charge is 2.59. The van der Waals surface area contributed by atoms with Crippen molar-refractivity contribution < 1.29 is 13.7 Å². The summed E-state index contributed by atoms with van der Waals surface area (Å²) in [5.41, 5.74) is 4.39. The lowest BCUT2D eigenvalue weighted by molar-refractivity contribution is 0.0110. The number of nitrogens with zero attached hydrogens (tertiary/aromatic N) is 1. The van der Waals surface area contributed by atoms with Crippen LogP contribution in [0.2, 0.25) is 39.3 Å². The summed E-state index contributed by atoms with van der Waals surface area (Å²) in [4.78, 5) is 5.30. The summed E-state index contributed by atoms with van der Waals surface area (Å²) in [6.07, 6.45) is 5.97. The molecular formula is C25H41NO3Si2. The monoisotopic (exact) mass is 459 g/mol. The molecular weight excluding hydrogens is 418 g/mol. The van der Waals surface area contributed by atoms with E-state index in [1.165, 1.54) is 30.5 Å². The SMILES string of the molecule is CO/N=C1/C[C@H](O[Si](C)(C)C)[C@H]2[C@@H]3CCc4cc(O[Si](C)(C)C)ccc4[C@H]3CC[C@]12C. The van der Waals surface area contributed by atoms with Crippen molar-refractivity contribution in [3.63, 3.8) is 0 Å². The van der Waals surface area contributed by atoms with Crippen LogP contribution in [-0.2, 0) is 15.7 Å². The lowest BCUT2D eigenvalue weighted by atomic mass is 9.55. The van der Waals surface area contributed by atoms with E-state index >= 15 is 0 Å². The minimum atomic E-state index is -1.65. The average molecular weight is 460 g/mol. The van der Waals surface area contributed by atoms with Gasteiger partial charge in [-0.15, -0.1) is 0 Å². The Morgan fingerprint density at radius 2 is 1.77 bits per heavy atom. The summed E-state index contributed by atoms with van der Waals surface area (Å²) >= 11 is 0. The predicted molar refractivity (Wildman–Crippen MR) is 133 cm³/mol. The molecule has 4 rings (SSSR count). The fourth-order valence-electron chi connectivity index (χ4n) is 6.62. The summed E-state index contributed by atoms with van der Waals surface area (Å²) in [5, 5.41) is 4.53. The van der Waals surface area contributed by atoms with Gasteiger partial charge in [-0.1, -0.05) is 18.1 Å². The molecule has 4 nitrogen and oxygen atoms in total. The first-order valence-corrected chi connectivity index (χ1v) is 18.8. The molecule has 2 fully saturated rings. The van der Waals surface area contributed by atoms with E-state index in [0.717, 1.165) is 18.6 Å². The number of hydrogen-bond donors (Lipinski definition) is 0. The molecule has 31 heavy (non-hydrogen) atoms. The Hall–Kier alpha value is -1.12. The average Bonchev–Trinajstić information content (AvgIpc) is 2.90. The molecule has 0 bridgehead atoms. The number of fused-ring (bicyclic) bond motifs is 5. The maximum Gasteiger partial charge on any atom is 0.242 e. The molecule has 3 aliphatic carbocycles. The molecule has 3 aliphatic rings. The van der Waals surface area contributed by atoms with Gasteiger partial charge in [0.2, 0.25) is 8.32 Å². The van der Waals surface area contributed by atoms with Gasteiger partial charge in [-0.2, -0.15) is 0 Å². The Bertz CT molecular complexity index is 857. The van der Waals surface area contributed by atoms with Crippen molar-refractivity contribution in [3.05, 3.63) is 29.3 Å². The molecule has 0 spiro atoms.